The number of ether oxygens (including phenoxy) is 1. The summed E-state index contributed by atoms with van der Waals surface area (Å²) in [5.41, 5.74) is 2.57. The van der Waals surface area contributed by atoms with Crippen molar-refractivity contribution >= 4 is 11.9 Å². The average molecular weight is 275 g/mol. The second-order valence-corrected chi connectivity index (χ2v) is 5.31. The van der Waals surface area contributed by atoms with Crippen LogP contribution in [-0.2, 0) is 27.2 Å². The molecule has 0 radical (unpaired) electrons. The van der Waals surface area contributed by atoms with E-state index < -0.39 is 0 Å². The molecule has 0 saturated heterocycles. The number of esters is 1. The third-order valence-electron chi connectivity index (χ3n) is 3.88. The molecule has 0 spiro atoms. The maximum Gasteiger partial charge on any atom is 0.305 e. The molecule has 1 amide bonds. The summed E-state index contributed by atoms with van der Waals surface area (Å²) in [6.07, 6.45) is 2.67. The van der Waals surface area contributed by atoms with Gasteiger partial charge in [0.15, 0.2) is 0 Å². The highest BCUT2D eigenvalue weighted by Gasteiger charge is 2.28. The number of carbonyl (C=O) groups is 2. The molecule has 0 fully saturated rings. The molecule has 4 nitrogen and oxygen atoms in total. The Hall–Kier alpha value is -1.84. The van der Waals surface area contributed by atoms with Crippen LogP contribution in [0, 0.1) is 5.92 Å². The molecule has 0 heterocycles. The zero-order valence-electron chi connectivity index (χ0n) is 12.1. The first-order valence-electron chi connectivity index (χ1n) is 7.00. The number of amides is 1. The molecular formula is C16H21NO3. The van der Waals surface area contributed by atoms with Crippen LogP contribution in [0.25, 0.3) is 0 Å². The van der Waals surface area contributed by atoms with Crippen LogP contribution in [0.1, 0.15) is 24.0 Å². The molecule has 4 heteroatoms. The van der Waals surface area contributed by atoms with Gasteiger partial charge in [-0.3, -0.25) is 9.59 Å². The lowest BCUT2D eigenvalue weighted by atomic mass is 10.0. The van der Waals surface area contributed by atoms with Crippen molar-refractivity contribution in [2.45, 2.75) is 25.7 Å². The molecule has 0 saturated carbocycles. The lowest BCUT2D eigenvalue weighted by molar-refractivity contribution is -0.141. The Bertz CT molecular complexity index is 473. The van der Waals surface area contributed by atoms with E-state index in [0.29, 0.717) is 19.4 Å². The van der Waals surface area contributed by atoms with E-state index in [-0.39, 0.29) is 17.8 Å². The maximum atomic E-state index is 12.4. The summed E-state index contributed by atoms with van der Waals surface area (Å²) in [5.74, 6) is 0.000660. The molecular weight excluding hydrogens is 254 g/mol. The summed E-state index contributed by atoms with van der Waals surface area (Å²) in [6.45, 7) is 0.598. The summed E-state index contributed by atoms with van der Waals surface area (Å²) in [5, 5.41) is 0. The number of hydrogen-bond donors (Lipinski definition) is 0. The summed E-state index contributed by atoms with van der Waals surface area (Å²) in [6, 6.07) is 8.23. The minimum Gasteiger partial charge on any atom is -0.469 e. The van der Waals surface area contributed by atoms with Gasteiger partial charge in [-0.25, -0.2) is 0 Å². The molecule has 1 aliphatic rings. The Morgan fingerprint density at radius 3 is 2.40 bits per heavy atom. The van der Waals surface area contributed by atoms with Gasteiger partial charge in [-0.1, -0.05) is 24.3 Å². The molecule has 108 valence electrons. The van der Waals surface area contributed by atoms with Gasteiger partial charge in [0.05, 0.1) is 7.11 Å². The number of benzene rings is 1. The van der Waals surface area contributed by atoms with Crippen LogP contribution < -0.4 is 0 Å². The Morgan fingerprint density at radius 2 is 1.85 bits per heavy atom. The number of carbonyl (C=O) groups excluding carboxylic acids is 2. The van der Waals surface area contributed by atoms with E-state index in [4.69, 9.17) is 0 Å². The lowest BCUT2D eigenvalue weighted by Crippen LogP contribution is -2.34. The van der Waals surface area contributed by atoms with Crippen LogP contribution in [0.15, 0.2) is 24.3 Å². The predicted molar refractivity (Wildman–Crippen MR) is 76.2 cm³/mol. The van der Waals surface area contributed by atoms with Crippen LogP contribution in [0.3, 0.4) is 0 Å². The maximum absolute atomic E-state index is 12.4. The van der Waals surface area contributed by atoms with Gasteiger partial charge in [-0.2, -0.15) is 0 Å². The quantitative estimate of drug-likeness (QED) is 0.770. The van der Waals surface area contributed by atoms with Crippen LogP contribution in [0.5, 0.6) is 0 Å². The summed E-state index contributed by atoms with van der Waals surface area (Å²) in [4.78, 5) is 25.1. The van der Waals surface area contributed by atoms with Gasteiger partial charge in [0.2, 0.25) is 5.91 Å². The van der Waals surface area contributed by atoms with Crippen molar-refractivity contribution in [1.82, 2.24) is 4.90 Å². The molecule has 1 aromatic carbocycles. The number of hydrogen-bond acceptors (Lipinski definition) is 3. The standard InChI is InChI=1S/C16H21NO3/c1-17(9-5-8-15(18)20-2)16(19)14-10-12-6-3-4-7-13(12)11-14/h3-4,6-7,14H,5,8-11H2,1-2H3. The van der Waals surface area contributed by atoms with Crippen molar-refractivity contribution in [2.75, 3.05) is 20.7 Å². The summed E-state index contributed by atoms with van der Waals surface area (Å²) >= 11 is 0. The number of nitrogens with zero attached hydrogens (tertiary/aromatic N) is 1. The molecule has 2 rings (SSSR count). The van der Waals surface area contributed by atoms with Crippen molar-refractivity contribution in [3.8, 4) is 0 Å². The first kappa shape index (κ1) is 14.6. The van der Waals surface area contributed by atoms with E-state index in [9.17, 15) is 9.59 Å². The number of fused-ring (bicyclic) bond motifs is 1. The normalized spacial score (nSPS) is 13.9. The molecule has 1 aliphatic carbocycles. The first-order chi connectivity index (χ1) is 9.61. The zero-order chi connectivity index (χ0) is 14.5. The molecule has 0 atom stereocenters. The lowest BCUT2D eigenvalue weighted by Gasteiger charge is -2.20. The second kappa shape index (κ2) is 6.55. The zero-order valence-corrected chi connectivity index (χ0v) is 12.1. The van der Waals surface area contributed by atoms with E-state index in [1.807, 2.05) is 19.2 Å². The van der Waals surface area contributed by atoms with Gasteiger partial charge in [0, 0.05) is 25.9 Å². The molecule has 0 unspecified atom stereocenters. The topological polar surface area (TPSA) is 46.6 Å². The average Bonchev–Trinajstić information content (AvgIpc) is 2.89. The van der Waals surface area contributed by atoms with Crippen LogP contribution in [0.4, 0.5) is 0 Å². The van der Waals surface area contributed by atoms with E-state index in [0.717, 1.165) is 12.8 Å². The summed E-state index contributed by atoms with van der Waals surface area (Å²) in [7, 11) is 3.19. The third kappa shape index (κ3) is 3.38. The van der Waals surface area contributed by atoms with Crippen LogP contribution in [-0.4, -0.2) is 37.5 Å². The van der Waals surface area contributed by atoms with Crippen molar-refractivity contribution in [2.24, 2.45) is 5.92 Å². The predicted octanol–water partition coefficient (Wildman–Crippen LogP) is 1.81. The molecule has 0 bridgehead atoms. The number of rotatable bonds is 5. The van der Waals surface area contributed by atoms with Gasteiger partial charge in [-0.15, -0.1) is 0 Å². The number of methoxy groups -OCH3 is 1. The van der Waals surface area contributed by atoms with Crippen LogP contribution >= 0.6 is 0 Å². The SMILES string of the molecule is COC(=O)CCCN(C)C(=O)C1Cc2ccccc2C1. The van der Waals surface area contributed by atoms with Gasteiger partial charge in [-0.05, 0) is 30.4 Å². The van der Waals surface area contributed by atoms with E-state index in [1.165, 1.54) is 18.2 Å². The molecule has 20 heavy (non-hydrogen) atoms. The Kier molecular flexibility index (Phi) is 4.77. The largest absolute Gasteiger partial charge is 0.469 e. The third-order valence-corrected chi connectivity index (χ3v) is 3.88. The fourth-order valence-electron chi connectivity index (χ4n) is 2.72. The molecule has 0 aliphatic heterocycles. The first-order valence-corrected chi connectivity index (χ1v) is 7.00. The molecule has 0 N–H and O–H groups in total. The Balaban J connectivity index is 1.82. The molecule has 0 aromatic heterocycles. The minimum absolute atomic E-state index is 0.0514. The van der Waals surface area contributed by atoms with Crippen LogP contribution in [0.2, 0.25) is 0 Å². The smallest absolute Gasteiger partial charge is 0.305 e. The highest BCUT2D eigenvalue weighted by Crippen LogP contribution is 2.27. The fourth-order valence-corrected chi connectivity index (χ4v) is 2.72. The highest BCUT2D eigenvalue weighted by atomic mass is 16.5. The Labute approximate surface area is 119 Å². The fraction of sp³-hybridized carbons (Fsp3) is 0.500. The van der Waals surface area contributed by atoms with E-state index >= 15 is 0 Å². The summed E-state index contributed by atoms with van der Waals surface area (Å²) < 4.78 is 4.59. The van der Waals surface area contributed by atoms with Gasteiger partial charge < -0.3 is 9.64 Å². The second-order valence-electron chi connectivity index (χ2n) is 5.31. The Morgan fingerprint density at radius 1 is 1.25 bits per heavy atom. The monoisotopic (exact) mass is 275 g/mol. The van der Waals surface area contributed by atoms with Gasteiger partial charge in [0.25, 0.3) is 0 Å². The van der Waals surface area contributed by atoms with Gasteiger partial charge in [0.1, 0.15) is 0 Å². The highest BCUT2D eigenvalue weighted by molar-refractivity contribution is 5.80. The van der Waals surface area contributed by atoms with Gasteiger partial charge >= 0.3 is 5.97 Å². The van der Waals surface area contributed by atoms with Crippen molar-refractivity contribution in [1.29, 1.82) is 0 Å². The van der Waals surface area contributed by atoms with Crippen molar-refractivity contribution < 1.29 is 14.3 Å². The van der Waals surface area contributed by atoms with Crippen molar-refractivity contribution in [3.63, 3.8) is 0 Å². The van der Waals surface area contributed by atoms with Crippen molar-refractivity contribution in [3.05, 3.63) is 35.4 Å². The molecule has 1 aromatic rings. The van der Waals surface area contributed by atoms with E-state index in [1.54, 1.807) is 4.90 Å². The minimum atomic E-state index is -0.223. The van der Waals surface area contributed by atoms with E-state index in [2.05, 4.69) is 16.9 Å².